The van der Waals surface area contributed by atoms with E-state index in [0.29, 0.717) is 45.2 Å². The van der Waals surface area contributed by atoms with E-state index in [2.05, 4.69) is 5.32 Å². The van der Waals surface area contributed by atoms with Gasteiger partial charge in [0.1, 0.15) is 18.1 Å². The SMILES string of the molecule is CSCCC(N)C(=O)N1CCCC1C(=O)N1CCCC1C(=O)NC(CCC(=O)O)C(=O)O. The first-order valence-corrected chi connectivity index (χ1v) is 12.2. The molecular formula is C20H32N4O7S. The van der Waals surface area contributed by atoms with E-state index in [1.165, 1.54) is 9.80 Å². The molecule has 2 heterocycles. The highest BCUT2D eigenvalue weighted by atomic mass is 32.2. The van der Waals surface area contributed by atoms with Gasteiger partial charge in [-0.2, -0.15) is 11.8 Å². The Balaban J connectivity index is 2.05. The van der Waals surface area contributed by atoms with Gasteiger partial charge in [-0.3, -0.25) is 19.2 Å². The Morgan fingerprint density at radius 3 is 2.25 bits per heavy atom. The van der Waals surface area contributed by atoms with Crippen LogP contribution in [0.4, 0.5) is 0 Å². The van der Waals surface area contributed by atoms with E-state index in [4.69, 9.17) is 10.8 Å². The van der Waals surface area contributed by atoms with Gasteiger partial charge in [0.05, 0.1) is 6.04 Å². The van der Waals surface area contributed by atoms with Crippen LogP contribution in [-0.4, -0.2) is 98.9 Å². The van der Waals surface area contributed by atoms with E-state index in [-0.39, 0.29) is 18.2 Å². The molecule has 4 atom stereocenters. The first kappa shape index (κ1) is 25.9. The lowest BCUT2D eigenvalue weighted by atomic mass is 10.1. The summed E-state index contributed by atoms with van der Waals surface area (Å²) in [5, 5.41) is 20.4. The van der Waals surface area contributed by atoms with Crippen LogP contribution in [-0.2, 0) is 24.0 Å². The van der Waals surface area contributed by atoms with Crippen molar-refractivity contribution < 1.29 is 34.2 Å². The Morgan fingerprint density at radius 1 is 1.03 bits per heavy atom. The molecule has 4 unspecified atom stereocenters. The summed E-state index contributed by atoms with van der Waals surface area (Å²) >= 11 is 1.59. The number of carboxylic acid groups (broad SMARTS) is 2. The average Bonchev–Trinajstić information content (AvgIpc) is 3.43. The summed E-state index contributed by atoms with van der Waals surface area (Å²) in [6.45, 7) is 0.768. The number of rotatable bonds is 11. The van der Waals surface area contributed by atoms with Crippen molar-refractivity contribution in [2.45, 2.75) is 69.1 Å². The van der Waals surface area contributed by atoms with Crippen LogP contribution in [0.25, 0.3) is 0 Å². The standard InChI is InChI=1S/C20H32N4O7S/c1-32-11-8-12(21)18(28)24-10-3-5-15(24)19(29)23-9-2-4-14(23)17(27)22-13(20(30)31)6-7-16(25)26/h12-15H,2-11,21H2,1H3,(H,22,27)(H,25,26)(H,30,31). The maximum atomic E-state index is 13.3. The summed E-state index contributed by atoms with van der Waals surface area (Å²) in [5.41, 5.74) is 6.02. The number of carbonyl (C=O) groups is 5. The number of carboxylic acids is 2. The maximum absolute atomic E-state index is 13.3. The molecule has 32 heavy (non-hydrogen) atoms. The topological polar surface area (TPSA) is 170 Å². The molecule has 0 spiro atoms. The van der Waals surface area contributed by atoms with Crippen LogP contribution >= 0.6 is 11.8 Å². The van der Waals surface area contributed by atoms with Gasteiger partial charge in [0.25, 0.3) is 0 Å². The number of amides is 3. The number of nitrogens with zero attached hydrogens (tertiary/aromatic N) is 2. The molecular weight excluding hydrogens is 440 g/mol. The zero-order valence-electron chi connectivity index (χ0n) is 18.2. The second-order valence-corrected chi connectivity index (χ2v) is 9.08. The predicted octanol–water partition coefficient (Wildman–Crippen LogP) is -0.517. The third-order valence-corrected chi connectivity index (χ3v) is 6.52. The lowest BCUT2D eigenvalue weighted by molar-refractivity contribution is -0.148. The van der Waals surface area contributed by atoms with Crippen LogP contribution < -0.4 is 11.1 Å². The number of nitrogens with one attached hydrogen (secondary N) is 1. The average molecular weight is 473 g/mol. The van der Waals surface area contributed by atoms with Gasteiger partial charge in [-0.25, -0.2) is 4.79 Å². The van der Waals surface area contributed by atoms with Crippen LogP contribution in [0.15, 0.2) is 0 Å². The van der Waals surface area contributed by atoms with Crippen molar-refractivity contribution in [3.05, 3.63) is 0 Å². The van der Waals surface area contributed by atoms with Gasteiger partial charge in [0.2, 0.25) is 17.7 Å². The summed E-state index contributed by atoms with van der Waals surface area (Å²) in [4.78, 5) is 63.9. The summed E-state index contributed by atoms with van der Waals surface area (Å²) in [6.07, 6.45) is 3.88. The van der Waals surface area contributed by atoms with Crippen LogP contribution in [0.1, 0.15) is 44.9 Å². The highest BCUT2D eigenvalue weighted by Gasteiger charge is 2.43. The predicted molar refractivity (Wildman–Crippen MR) is 117 cm³/mol. The molecule has 0 saturated carbocycles. The third kappa shape index (κ3) is 6.58. The number of carbonyl (C=O) groups excluding carboxylic acids is 3. The zero-order chi connectivity index (χ0) is 23.8. The van der Waals surface area contributed by atoms with E-state index in [9.17, 15) is 29.1 Å². The Labute approximate surface area is 191 Å². The fourth-order valence-electron chi connectivity index (χ4n) is 4.16. The lowest BCUT2D eigenvalue weighted by Crippen LogP contribution is -2.56. The van der Waals surface area contributed by atoms with Crippen LogP contribution in [0.2, 0.25) is 0 Å². The summed E-state index contributed by atoms with van der Waals surface area (Å²) in [6, 6.07) is -3.57. The fraction of sp³-hybridized carbons (Fsp3) is 0.750. The van der Waals surface area contributed by atoms with Gasteiger partial charge in [0.15, 0.2) is 0 Å². The molecule has 11 nitrogen and oxygen atoms in total. The Kier molecular flexibility index (Phi) is 9.76. The Morgan fingerprint density at radius 2 is 1.66 bits per heavy atom. The molecule has 2 aliphatic rings. The third-order valence-electron chi connectivity index (χ3n) is 5.87. The van der Waals surface area contributed by atoms with Crippen molar-refractivity contribution in [1.82, 2.24) is 15.1 Å². The van der Waals surface area contributed by atoms with E-state index in [1.807, 2.05) is 6.26 Å². The van der Waals surface area contributed by atoms with Crippen LogP contribution in [0.3, 0.4) is 0 Å². The monoisotopic (exact) mass is 472 g/mol. The number of likely N-dealkylation sites (tertiary alicyclic amines) is 2. The minimum Gasteiger partial charge on any atom is -0.481 e. The van der Waals surface area contributed by atoms with Gasteiger partial charge < -0.3 is 31.1 Å². The fourth-order valence-corrected chi connectivity index (χ4v) is 4.65. The highest BCUT2D eigenvalue weighted by molar-refractivity contribution is 7.98. The lowest BCUT2D eigenvalue weighted by Gasteiger charge is -2.32. The molecule has 2 rings (SSSR count). The molecule has 0 aromatic rings. The first-order chi connectivity index (χ1) is 15.2. The van der Waals surface area contributed by atoms with Crippen molar-refractivity contribution in [1.29, 1.82) is 0 Å². The Hall–Kier alpha value is -2.34. The van der Waals surface area contributed by atoms with Crippen molar-refractivity contribution in [2.75, 3.05) is 25.1 Å². The number of hydrogen-bond donors (Lipinski definition) is 4. The first-order valence-electron chi connectivity index (χ1n) is 10.8. The molecule has 0 aliphatic carbocycles. The second-order valence-electron chi connectivity index (χ2n) is 8.10. The van der Waals surface area contributed by atoms with Gasteiger partial charge in [-0.15, -0.1) is 0 Å². The second kappa shape index (κ2) is 12.0. The van der Waals surface area contributed by atoms with Crippen LogP contribution in [0.5, 0.6) is 0 Å². The van der Waals surface area contributed by atoms with E-state index in [1.54, 1.807) is 11.8 Å². The number of nitrogens with two attached hydrogens (primary N) is 1. The molecule has 180 valence electrons. The quantitative estimate of drug-likeness (QED) is 0.309. The summed E-state index contributed by atoms with van der Waals surface area (Å²) in [5.74, 6) is -2.98. The minimum atomic E-state index is -1.35. The molecule has 5 N–H and O–H groups in total. The van der Waals surface area contributed by atoms with E-state index < -0.39 is 48.4 Å². The summed E-state index contributed by atoms with van der Waals surface area (Å²) in [7, 11) is 0. The Bertz CT molecular complexity index is 735. The van der Waals surface area contributed by atoms with Gasteiger partial charge >= 0.3 is 11.9 Å². The van der Waals surface area contributed by atoms with Gasteiger partial charge in [0, 0.05) is 19.5 Å². The molecule has 0 radical (unpaired) electrons. The van der Waals surface area contributed by atoms with Gasteiger partial charge in [-0.05, 0) is 50.5 Å². The zero-order valence-corrected chi connectivity index (χ0v) is 19.0. The van der Waals surface area contributed by atoms with E-state index in [0.717, 1.165) is 5.75 Å². The molecule has 2 aliphatic heterocycles. The summed E-state index contributed by atoms with van der Waals surface area (Å²) < 4.78 is 0. The largest absolute Gasteiger partial charge is 0.481 e. The van der Waals surface area contributed by atoms with Gasteiger partial charge in [-0.1, -0.05) is 0 Å². The normalized spacial score (nSPS) is 22.4. The van der Waals surface area contributed by atoms with Crippen molar-refractivity contribution >= 4 is 41.4 Å². The molecule has 0 aromatic carbocycles. The van der Waals surface area contributed by atoms with Crippen LogP contribution in [0, 0.1) is 0 Å². The molecule has 0 aromatic heterocycles. The molecule has 3 amide bonds. The van der Waals surface area contributed by atoms with E-state index >= 15 is 0 Å². The molecule has 12 heteroatoms. The molecule has 2 saturated heterocycles. The molecule has 2 fully saturated rings. The maximum Gasteiger partial charge on any atom is 0.326 e. The van der Waals surface area contributed by atoms with Crippen molar-refractivity contribution in [3.8, 4) is 0 Å². The molecule has 0 bridgehead atoms. The number of aliphatic carboxylic acids is 2. The number of thioether (sulfide) groups is 1. The minimum absolute atomic E-state index is 0.254. The number of hydrogen-bond acceptors (Lipinski definition) is 7. The smallest absolute Gasteiger partial charge is 0.326 e. The van der Waals surface area contributed by atoms with Crippen molar-refractivity contribution in [2.24, 2.45) is 5.73 Å². The van der Waals surface area contributed by atoms with Crippen molar-refractivity contribution in [3.63, 3.8) is 0 Å². The highest BCUT2D eigenvalue weighted by Crippen LogP contribution is 2.26.